The molecule has 21 heavy (non-hydrogen) atoms. The van der Waals surface area contributed by atoms with Crippen LogP contribution in [0.25, 0.3) is 0 Å². The van der Waals surface area contributed by atoms with Gasteiger partial charge in [-0.2, -0.15) is 5.10 Å². The number of hydrogen-bond donors (Lipinski definition) is 1. The van der Waals surface area contributed by atoms with Gasteiger partial charge in [0, 0.05) is 33.0 Å². The molecule has 1 heterocycles. The van der Waals surface area contributed by atoms with Crippen molar-refractivity contribution in [2.24, 2.45) is 0 Å². The smallest absolute Gasteiger partial charge is 0.251 e. The predicted molar refractivity (Wildman–Crippen MR) is 82.6 cm³/mol. The van der Waals surface area contributed by atoms with Gasteiger partial charge in [0.25, 0.3) is 5.91 Å². The van der Waals surface area contributed by atoms with E-state index in [0.717, 1.165) is 11.3 Å². The Morgan fingerprint density at radius 1 is 1.29 bits per heavy atom. The molecule has 0 bridgehead atoms. The number of nitrogens with zero attached hydrogens (tertiary/aromatic N) is 3. The van der Waals surface area contributed by atoms with Gasteiger partial charge < -0.3 is 15.0 Å². The maximum atomic E-state index is 11.6. The quantitative estimate of drug-likeness (QED) is 0.877. The summed E-state index contributed by atoms with van der Waals surface area (Å²) in [5.41, 5.74) is 2.26. The lowest BCUT2D eigenvalue weighted by Crippen LogP contribution is -2.20. The lowest BCUT2D eigenvalue weighted by molar-refractivity contribution is -0.119. The molecule has 0 fully saturated rings. The van der Waals surface area contributed by atoms with Crippen molar-refractivity contribution in [1.29, 1.82) is 0 Å². The van der Waals surface area contributed by atoms with E-state index in [9.17, 15) is 4.79 Å². The van der Waals surface area contributed by atoms with E-state index in [2.05, 4.69) is 34.7 Å². The van der Waals surface area contributed by atoms with Crippen LogP contribution in [0.3, 0.4) is 0 Å². The second kappa shape index (κ2) is 6.90. The number of carbonyl (C=O) groups is 1. The molecular formula is C15H20N4O2. The van der Waals surface area contributed by atoms with Gasteiger partial charge in [0.05, 0.1) is 12.7 Å². The predicted octanol–water partition coefficient (Wildman–Crippen LogP) is 1.58. The number of methoxy groups -OCH3 is 1. The zero-order valence-corrected chi connectivity index (χ0v) is 12.5. The molecule has 0 unspecified atom stereocenters. The number of anilines is 2. The molecule has 1 N–H and O–H groups in total. The summed E-state index contributed by atoms with van der Waals surface area (Å²) in [5, 5.41) is 7.00. The Morgan fingerprint density at radius 2 is 2.00 bits per heavy atom. The van der Waals surface area contributed by atoms with Gasteiger partial charge in [-0.3, -0.25) is 4.79 Å². The van der Waals surface area contributed by atoms with Crippen molar-refractivity contribution in [3.63, 3.8) is 0 Å². The second-order valence-electron chi connectivity index (χ2n) is 4.92. The van der Waals surface area contributed by atoms with Crippen LogP contribution in [0.5, 0.6) is 0 Å². The van der Waals surface area contributed by atoms with Crippen LogP contribution in [0.4, 0.5) is 11.5 Å². The topological polar surface area (TPSA) is 59.4 Å². The van der Waals surface area contributed by atoms with Crippen LogP contribution < -0.4 is 10.2 Å². The first kappa shape index (κ1) is 15.1. The molecule has 0 aliphatic rings. The van der Waals surface area contributed by atoms with Gasteiger partial charge in [-0.05, 0) is 17.7 Å². The molecule has 112 valence electrons. The maximum Gasteiger partial charge on any atom is 0.251 e. The summed E-state index contributed by atoms with van der Waals surface area (Å²) in [7, 11) is 5.50. The average molecular weight is 288 g/mol. The van der Waals surface area contributed by atoms with Crippen molar-refractivity contribution < 1.29 is 9.53 Å². The minimum atomic E-state index is -0.192. The minimum Gasteiger partial charge on any atom is -0.378 e. The number of ether oxygens (including phenoxy) is 1. The van der Waals surface area contributed by atoms with Gasteiger partial charge in [0.15, 0.2) is 0 Å². The maximum absolute atomic E-state index is 11.6. The van der Waals surface area contributed by atoms with Crippen LogP contribution in [0.2, 0.25) is 0 Å². The van der Waals surface area contributed by atoms with Crippen molar-refractivity contribution in [1.82, 2.24) is 9.78 Å². The largest absolute Gasteiger partial charge is 0.378 e. The van der Waals surface area contributed by atoms with Gasteiger partial charge in [-0.1, -0.05) is 12.1 Å². The van der Waals surface area contributed by atoms with E-state index in [1.807, 2.05) is 19.0 Å². The highest BCUT2D eigenvalue weighted by Crippen LogP contribution is 2.15. The molecule has 6 nitrogen and oxygen atoms in total. The van der Waals surface area contributed by atoms with E-state index in [0.29, 0.717) is 12.4 Å². The lowest BCUT2D eigenvalue weighted by atomic mass is 10.2. The van der Waals surface area contributed by atoms with E-state index in [1.165, 1.54) is 7.11 Å². The van der Waals surface area contributed by atoms with E-state index in [1.54, 1.807) is 16.9 Å². The summed E-state index contributed by atoms with van der Waals surface area (Å²) in [4.78, 5) is 13.6. The molecule has 0 aliphatic heterocycles. The molecular weight excluding hydrogens is 268 g/mol. The fourth-order valence-electron chi connectivity index (χ4n) is 1.95. The summed E-state index contributed by atoms with van der Waals surface area (Å²) in [6.07, 6.45) is 1.66. The second-order valence-corrected chi connectivity index (χ2v) is 4.92. The SMILES string of the molecule is COCC(=O)Nc1ccnn1Cc1ccc(N(C)C)cc1. The molecule has 2 aromatic rings. The Morgan fingerprint density at radius 3 is 2.62 bits per heavy atom. The average Bonchev–Trinajstić information content (AvgIpc) is 2.87. The van der Waals surface area contributed by atoms with E-state index < -0.39 is 0 Å². The number of benzene rings is 1. The van der Waals surface area contributed by atoms with Gasteiger partial charge in [0.1, 0.15) is 12.4 Å². The zero-order valence-electron chi connectivity index (χ0n) is 12.5. The molecule has 0 saturated carbocycles. The number of aromatic nitrogens is 2. The minimum absolute atomic E-state index is 0.0305. The van der Waals surface area contributed by atoms with Gasteiger partial charge in [-0.25, -0.2) is 4.68 Å². The standard InChI is InChI=1S/C15H20N4O2/c1-18(2)13-6-4-12(5-7-13)10-19-14(8-9-16-19)17-15(20)11-21-3/h4-9H,10-11H2,1-3H3,(H,17,20). The Balaban J connectivity index is 2.06. The molecule has 0 saturated heterocycles. The normalized spacial score (nSPS) is 10.4. The van der Waals surface area contributed by atoms with Crippen LogP contribution >= 0.6 is 0 Å². The third-order valence-electron chi connectivity index (χ3n) is 3.04. The summed E-state index contributed by atoms with van der Waals surface area (Å²) in [5.74, 6) is 0.468. The Labute approximate surface area is 124 Å². The molecule has 0 atom stereocenters. The molecule has 2 rings (SSSR count). The molecule has 0 aliphatic carbocycles. The third-order valence-corrected chi connectivity index (χ3v) is 3.04. The summed E-state index contributed by atoms with van der Waals surface area (Å²) in [6, 6.07) is 9.99. The van der Waals surface area contributed by atoms with Crippen molar-refractivity contribution in [2.75, 3.05) is 38.0 Å². The van der Waals surface area contributed by atoms with E-state index >= 15 is 0 Å². The van der Waals surface area contributed by atoms with Crippen LogP contribution in [-0.2, 0) is 16.1 Å². The first-order valence-corrected chi connectivity index (χ1v) is 6.67. The third kappa shape index (κ3) is 4.06. The molecule has 6 heteroatoms. The van der Waals surface area contributed by atoms with Crippen LogP contribution in [0, 0.1) is 0 Å². The number of hydrogen-bond acceptors (Lipinski definition) is 4. The van der Waals surface area contributed by atoms with E-state index in [4.69, 9.17) is 4.74 Å². The van der Waals surface area contributed by atoms with Gasteiger partial charge in [0.2, 0.25) is 0 Å². The summed E-state index contributed by atoms with van der Waals surface area (Å²) < 4.78 is 6.55. The highest BCUT2D eigenvalue weighted by Gasteiger charge is 2.07. The van der Waals surface area contributed by atoms with Crippen molar-refractivity contribution in [3.8, 4) is 0 Å². The van der Waals surface area contributed by atoms with E-state index in [-0.39, 0.29) is 12.5 Å². The Bertz CT molecular complexity index is 590. The van der Waals surface area contributed by atoms with Crippen molar-refractivity contribution in [2.45, 2.75) is 6.54 Å². The fraction of sp³-hybridized carbons (Fsp3) is 0.333. The highest BCUT2D eigenvalue weighted by atomic mass is 16.5. The number of rotatable bonds is 6. The molecule has 0 radical (unpaired) electrons. The first-order valence-electron chi connectivity index (χ1n) is 6.67. The van der Waals surface area contributed by atoms with Crippen molar-refractivity contribution >= 4 is 17.4 Å². The summed E-state index contributed by atoms with van der Waals surface area (Å²) in [6.45, 7) is 0.631. The Hall–Kier alpha value is -2.34. The van der Waals surface area contributed by atoms with Crippen LogP contribution in [-0.4, -0.2) is 43.5 Å². The number of nitrogens with one attached hydrogen (secondary N) is 1. The number of amides is 1. The highest BCUT2D eigenvalue weighted by molar-refractivity contribution is 5.90. The van der Waals surface area contributed by atoms with Crippen molar-refractivity contribution in [3.05, 3.63) is 42.1 Å². The zero-order chi connectivity index (χ0) is 15.2. The molecule has 0 spiro atoms. The van der Waals surface area contributed by atoms with Gasteiger partial charge in [-0.15, -0.1) is 0 Å². The number of carbonyl (C=O) groups excluding carboxylic acids is 1. The first-order chi connectivity index (χ1) is 10.1. The monoisotopic (exact) mass is 288 g/mol. The molecule has 1 amide bonds. The lowest BCUT2D eigenvalue weighted by Gasteiger charge is -2.13. The van der Waals surface area contributed by atoms with Gasteiger partial charge >= 0.3 is 0 Å². The van der Waals surface area contributed by atoms with Crippen LogP contribution in [0.1, 0.15) is 5.56 Å². The summed E-state index contributed by atoms with van der Waals surface area (Å²) >= 11 is 0. The Kier molecular flexibility index (Phi) is 4.94. The molecule has 1 aromatic heterocycles. The fourth-order valence-corrected chi connectivity index (χ4v) is 1.95. The van der Waals surface area contributed by atoms with Crippen LogP contribution in [0.15, 0.2) is 36.5 Å². The molecule has 1 aromatic carbocycles.